The molecular formula is C20H28N6O4. The van der Waals surface area contributed by atoms with Crippen LogP contribution in [0.3, 0.4) is 0 Å². The molecule has 1 fully saturated rings. The monoisotopic (exact) mass is 416 g/mol. The molecule has 0 aliphatic carbocycles. The second-order valence-corrected chi connectivity index (χ2v) is 7.80. The third-order valence-electron chi connectivity index (χ3n) is 5.41. The first-order valence-corrected chi connectivity index (χ1v) is 9.99. The van der Waals surface area contributed by atoms with Gasteiger partial charge in [0.2, 0.25) is 11.7 Å². The lowest BCUT2D eigenvalue weighted by atomic mass is 9.95. The molecule has 3 heterocycles. The van der Waals surface area contributed by atoms with Crippen molar-refractivity contribution in [1.29, 1.82) is 0 Å². The number of nitrogens with zero attached hydrogens (tertiary/aromatic N) is 5. The molecular weight excluding hydrogens is 388 g/mol. The number of aromatic nitrogens is 3. The predicted molar refractivity (Wildman–Crippen MR) is 111 cm³/mol. The van der Waals surface area contributed by atoms with Crippen molar-refractivity contribution in [3.8, 4) is 0 Å². The van der Waals surface area contributed by atoms with Gasteiger partial charge in [-0.05, 0) is 26.8 Å². The fourth-order valence-corrected chi connectivity index (χ4v) is 3.88. The zero-order chi connectivity index (χ0) is 21.8. The van der Waals surface area contributed by atoms with Crippen molar-refractivity contribution in [3.05, 3.63) is 45.9 Å². The van der Waals surface area contributed by atoms with Crippen LogP contribution in [0.15, 0.2) is 24.7 Å². The van der Waals surface area contributed by atoms with E-state index in [1.807, 2.05) is 29.6 Å². The molecule has 10 nitrogen and oxygen atoms in total. The number of carbonyl (C=O) groups excluding carboxylic acids is 1. The van der Waals surface area contributed by atoms with Gasteiger partial charge in [-0.3, -0.25) is 19.6 Å². The van der Waals surface area contributed by atoms with Gasteiger partial charge in [0.15, 0.2) is 0 Å². The normalized spacial score (nSPS) is 19.0. The van der Waals surface area contributed by atoms with Gasteiger partial charge in [-0.25, -0.2) is 4.98 Å². The lowest BCUT2D eigenvalue weighted by molar-refractivity contribution is -0.384. The van der Waals surface area contributed by atoms with Gasteiger partial charge in [0.05, 0.1) is 23.8 Å². The molecule has 0 spiro atoms. The Balaban J connectivity index is 1.85. The Morgan fingerprint density at radius 1 is 1.43 bits per heavy atom. The summed E-state index contributed by atoms with van der Waals surface area (Å²) < 4.78 is 7.05. The number of nitrogens with one attached hydrogen (secondary N) is 1. The summed E-state index contributed by atoms with van der Waals surface area (Å²) in [5.74, 6) is 0.174. The summed E-state index contributed by atoms with van der Waals surface area (Å²) in [7, 11) is 1.61. The van der Waals surface area contributed by atoms with E-state index < -0.39 is 4.92 Å². The highest BCUT2D eigenvalue weighted by molar-refractivity contribution is 5.80. The average molecular weight is 416 g/mol. The van der Waals surface area contributed by atoms with E-state index in [0.717, 1.165) is 5.56 Å². The number of aryl methyl sites for hydroxylation is 1. The van der Waals surface area contributed by atoms with Gasteiger partial charge in [0, 0.05) is 62.1 Å². The topological polar surface area (TPSA) is 115 Å². The molecule has 1 N–H and O–H groups in total. The lowest BCUT2D eigenvalue weighted by Crippen LogP contribution is -2.33. The van der Waals surface area contributed by atoms with Gasteiger partial charge in [-0.15, -0.1) is 0 Å². The van der Waals surface area contributed by atoms with E-state index in [2.05, 4.69) is 15.4 Å². The smallest absolute Gasteiger partial charge is 0.314 e. The van der Waals surface area contributed by atoms with E-state index in [0.29, 0.717) is 31.7 Å². The van der Waals surface area contributed by atoms with Crippen LogP contribution in [0.5, 0.6) is 0 Å². The van der Waals surface area contributed by atoms with Crippen molar-refractivity contribution < 1.29 is 14.5 Å². The molecule has 3 rings (SSSR count). The predicted octanol–water partition coefficient (Wildman–Crippen LogP) is 2.72. The SMILES string of the molecule is COCCN1C(=O)C[C@@H](CNc2nccc(C)c2[N+](=O)[O-])[C@@H]1c1cnn(C(C)C)c1. The fraction of sp³-hybridized carbons (Fsp3) is 0.550. The Morgan fingerprint density at radius 2 is 2.20 bits per heavy atom. The van der Waals surface area contributed by atoms with Gasteiger partial charge in [-0.2, -0.15) is 5.10 Å². The number of ether oxygens (including phenoxy) is 1. The Morgan fingerprint density at radius 3 is 2.83 bits per heavy atom. The molecule has 10 heteroatoms. The minimum atomic E-state index is -0.431. The van der Waals surface area contributed by atoms with Gasteiger partial charge in [0.1, 0.15) is 0 Å². The third-order valence-corrected chi connectivity index (χ3v) is 5.41. The maximum atomic E-state index is 12.7. The number of methoxy groups -OCH3 is 1. The van der Waals surface area contributed by atoms with Crippen LogP contribution < -0.4 is 5.32 Å². The number of carbonyl (C=O) groups is 1. The van der Waals surface area contributed by atoms with E-state index in [1.54, 1.807) is 32.5 Å². The van der Waals surface area contributed by atoms with Crippen LogP contribution in [0, 0.1) is 23.0 Å². The first kappa shape index (κ1) is 21.7. The molecule has 1 saturated heterocycles. The quantitative estimate of drug-likeness (QED) is 0.493. The van der Waals surface area contributed by atoms with Gasteiger partial charge < -0.3 is 15.0 Å². The van der Waals surface area contributed by atoms with Gasteiger partial charge in [0.25, 0.3) is 0 Å². The molecule has 0 radical (unpaired) electrons. The van der Waals surface area contributed by atoms with Crippen LogP contribution in [0.2, 0.25) is 0 Å². The summed E-state index contributed by atoms with van der Waals surface area (Å²) in [5.41, 5.74) is 1.45. The molecule has 30 heavy (non-hydrogen) atoms. The molecule has 1 amide bonds. The van der Waals surface area contributed by atoms with Crippen LogP contribution in [-0.2, 0) is 9.53 Å². The van der Waals surface area contributed by atoms with Crippen molar-refractivity contribution in [1.82, 2.24) is 19.7 Å². The minimum absolute atomic E-state index is 0.0350. The lowest BCUT2D eigenvalue weighted by Gasteiger charge is -2.27. The second kappa shape index (κ2) is 9.21. The van der Waals surface area contributed by atoms with Crippen molar-refractivity contribution in [2.24, 2.45) is 5.92 Å². The summed E-state index contributed by atoms with van der Waals surface area (Å²) in [6.07, 6.45) is 5.64. The number of rotatable bonds is 9. The van der Waals surface area contributed by atoms with Crippen molar-refractivity contribution in [3.63, 3.8) is 0 Å². The van der Waals surface area contributed by atoms with E-state index in [4.69, 9.17) is 4.74 Å². The van der Waals surface area contributed by atoms with Crippen molar-refractivity contribution >= 4 is 17.4 Å². The van der Waals surface area contributed by atoms with Crippen molar-refractivity contribution in [2.45, 2.75) is 39.3 Å². The molecule has 2 atom stereocenters. The van der Waals surface area contributed by atoms with E-state index in [1.165, 1.54) is 0 Å². The molecule has 2 aromatic heterocycles. The molecule has 0 unspecified atom stereocenters. The summed E-state index contributed by atoms with van der Waals surface area (Å²) >= 11 is 0. The second-order valence-electron chi connectivity index (χ2n) is 7.80. The molecule has 0 aromatic carbocycles. The largest absolute Gasteiger partial charge is 0.383 e. The fourth-order valence-electron chi connectivity index (χ4n) is 3.88. The summed E-state index contributed by atoms with van der Waals surface area (Å²) in [6.45, 7) is 7.06. The van der Waals surface area contributed by atoms with Gasteiger partial charge >= 0.3 is 5.69 Å². The van der Waals surface area contributed by atoms with E-state index in [-0.39, 0.29) is 35.4 Å². The number of nitro groups is 1. The highest BCUT2D eigenvalue weighted by atomic mass is 16.6. The third kappa shape index (κ3) is 4.43. The first-order chi connectivity index (χ1) is 14.3. The Labute approximate surface area is 175 Å². The summed E-state index contributed by atoms with van der Waals surface area (Å²) in [6, 6.07) is 1.63. The van der Waals surface area contributed by atoms with Crippen LogP contribution in [-0.4, -0.2) is 57.3 Å². The van der Waals surface area contributed by atoms with Crippen LogP contribution in [0.1, 0.15) is 43.5 Å². The highest BCUT2D eigenvalue weighted by Gasteiger charge is 2.41. The van der Waals surface area contributed by atoms with Crippen LogP contribution >= 0.6 is 0 Å². The molecule has 1 aliphatic rings. The summed E-state index contributed by atoms with van der Waals surface area (Å²) in [5, 5.41) is 19.0. The molecule has 162 valence electrons. The number of pyridine rings is 1. The standard InChI is InChI=1S/C20H28N6O4/c1-13(2)25-12-16(11-23-25)19-15(9-17(27)24(19)7-8-30-4)10-22-20-18(26(28)29)14(3)5-6-21-20/h5-6,11-13,15,19H,7-10H2,1-4H3,(H,21,22)/t15-,19+/m0/s1. The van der Waals surface area contributed by atoms with E-state index >= 15 is 0 Å². The maximum absolute atomic E-state index is 12.7. The number of amides is 1. The first-order valence-electron chi connectivity index (χ1n) is 9.99. The Hall–Kier alpha value is -3.01. The van der Waals surface area contributed by atoms with Crippen molar-refractivity contribution in [2.75, 3.05) is 32.1 Å². The zero-order valence-corrected chi connectivity index (χ0v) is 17.7. The van der Waals surface area contributed by atoms with E-state index in [9.17, 15) is 14.9 Å². The van der Waals surface area contributed by atoms with Crippen LogP contribution in [0.4, 0.5) is 11.5 Å². The molecule has 2 aromatic rings. The number of hydrogen-bond donors (Lipinski definition) is 1. The number of hydrogen-bond acceptors (Lipinski definition) is 7. The summed E-state index contributed by atoms with van der Waals surface area (Å²) in [4.78, 5) is 29.7. The van der Waals surface area contributed by atoms with Gasteiger partial charge in [-0.1, -0.05) is 0 Å². The maximum Gasteiger partial charge on any atom is 0.314 e. The zero-order valence-electron chi connectivity index (χ0n) is 17.7. The van der Waals surface area contributed by atoms with Crippen LogP contribution in [0.25, 0.3) is 0 Å². The number of likely N-dealkylation sites (tertiary alicyclic amines) is 1. The Bertz CT molecular complexity index is 912. The Kier molecular flexibility index (Phi) is 6.66. The molecule has 0 bridgehead atoms. The minimum Gasteiger partial charge on any atom is -0.383 e. The molecule has 1 aliphatic heterocycles. The number of anilines is 1. The highest BCUT2D eigenvalue weighted by Crippen LogP contribution is 2.38. The molecule has 0 saturated carbocycles. The average Bonchev–Trinajstić information content (AvgIpc) is 3.29.